The van der Waals surface area contributed by atoms with Gasteiger partial charge in [0, 0.05) is 5.56 Å². The summed E-state index contributed by atoms with van der Waals surface area (Å²) < 4.78 is 12.8. The van der Waals surface area contributed by atoms with Crippen molar-refractivity contribution in [1.29, 1.82) is 0 Å². The van der Waals surface area contributed by atoms with Gasteiger partial charge in [-0.15, -0.1) is 0 Å². The highest BCUT2D eigenvalue weighted by atomic mass is 19.1. The fraction of sp³-hybridized carbons (Fsp3) is 0.125. The number of hydrogen-bond acceptors (Lipinski definition) is 2. The fourth-order valence-corrected chi connectivity index (χ4v) is 1.74. The van der Waals surface area contributed by atoms with Crippen molar-refractivity contribution in [1.82, 2.24) is 5.43 Å². The third-order valence-corrected chi connectivity index (χ3v) is 2.87. The predicted molar refractivity (Wildman–Crippen MR) is 77.3 cm³/mol. The highest BCUT2D eigenvalue weighted by Crippen LogP contribution is 2.05. The van der Waals surface area contributed by atoms with Gasteiger partial charge in [0.1, 0.15) is 5.82 Å². The molecule has 0 bridgehead atoms. The third kappa shape index (κ3) is 3.51. The van der Waals surface area contributed by atoms with Gasteiger partial charge in [-0.25, -0.2) is 9.82 Å². The van der Waals surface area contributed by atoms with E-state index in [4.69, 9.17) is 0 Å². The van der Waals surface area contributed by atoms with E-state index in [2.05, 4.69) is 10.5 Å². The predicted octanol–water partition coefficient (Wildman–Crippen LogP) is 3.29. The van der Waals surface area contributed by atoms with Crippen LogP contribution in [0.3, 0.4) is 0 Å². The first kappa shape index (κ1) is 13.9. The van der Waals surface area contributed by atoms with E-state index in [0.717, 1.165) is 11.1 Å². The highest BCUT2D eigenvalue weighted by Gasteiger charge is 2.04. The molecule has 0 aromatic heterocycles. The van der Waals surface area contributed by atoms with E-state index in [1.54, 1.807) is 31.2 Å². The standard InChI is InChI=1S/C16H15FN2O/c1-11-4-3-5-14(10-11)16(20)19-18-12(2)13-6-8-15(17)9-7-13/h3-10H,1-2H3,(H,19,20). The average Bonchev–Trinajstić information content (AvgIpc) is 2.45. The summed E-state index contributed by atoms with van der Waals surface area (Å²) in [4.78, 5) is 11.9. The van der Waals surface area contributed by atoms with Gasteiger partial charge in [0.05, 0.1) is 5.71 Å². The Morgan fingerprint density at radius 1 is 1.10 bits per heavy atom. The maximum absolute atomic E-state index is 12.8. The monoisotopic (exact) mass is 270 g/mol. The molecule has 0 spiro atoms. The molecule has 0 aliphatic heterocycles. The lowest BCUT2D eigenvalue weighted by atomic mass is 10.1. The van der Waals surface area contributed by atoms with Crippen LogP contribution in [0, 0.1) is 12.7 Å². The molecule has 0 saturated carbocycles. The van der Waals surface area contributed by atoms with Gasteiger partial charge < -0.3 is 0 Å². The van der Waals surface area contributed by atoms with Crippen molar-refractivity contribution in [2.75, 3.05) is 0 Å². The lowest BCUT2D eigenvalue weighted by Crippen LogP contribution is -2.19. The zero-order valence-corrected chi connectivity index (χ0v) is 11.4. The Hall–Kier alpha value is -2.49. The SMILES string of the molecule is CC(=NNC(=O)c1cccc(C)c1)c1ccc(F)cc1. The molecule has 0 fully saturated rings. The summed E-state index contributed by atoms with van der Waals surface area (Å²) in [5, 5.41) is 4.02. The first-order valence-corrected chi connectivity index (χ1v) is 6.23. The van der Waals surface area contributed by atoms with Crippen LogP contribution in [0.4, 0.5) is 4.39 Å². The second-order valence-electron chi connectivity index (χ2n) is 4.51. The van der Waals surface area contributed by atoms with Crippen LogP contribution in [0.25, 0.3) is 0 Å². The number of carbonyl (C=O) groups is 1. The summed E-state index contributed by atoms with van der Waals surface area (Å²) in [7, 11) is 0. The Balaban J connectivity index is 2.08. The first-order chi connectivity index (χ1) is 9.56. The summed E-state index contributed by atoms with van der Waals surface area (Å²) >= 11 is 0. The number of rotatable bonds is 3. The molecular weight excluding hydrogens is 255 g/mol. The van der Waals surface area contributed by atoms with Crippen LogP contribution < -0.4 is 5.43 Å². The van der Waals surface area contributed by atoms with E-state index >= 15 is 0 Å². The first-order valence-electron chi connectivity index (χ1n) is 6.23. The quantitative estimate of drug-likeness (QED) is 0.675. The van der Waals surface area contributed by atoms with Crippen LogP contribution >= 0.6 is 0 Å². The van der Waals surface area contributed by atoms with Gasteiger partial charge >= 0.3 is 0 Å². The van der Waals surface area contributed by atoms with Crippen LogP contribution in [0.1, 0.15) is 28.4 Å². The molecule has 4 heteroatoms. The van der Waals surface area contributed by atoms with Gasteiger partial charge in [0.15, 0.2) is 0 Å². The van der Waals surface area contributed by atoms with E-state index < -0.39 is 0 Å². The number of nitrogens with zero attached hydrogens (tertiary/aromatic N) is 1. The van der Waals surface area contributed by atoms with Crippen molar-refractivity contribution in [3.63, 3.8) is 0 Å². The molecule has 0 aliphatic rings. The van der Waals surface area contributed by atoms with E-state index in [0.29, 0.717) is 11.3 Å². The molecule has 0 radical (unpaired) electrons. The largest absolute Gasteiger partial charge is 0.271 e. The van der Waals surface area contributed by atoms with Crippen molar-refractivity contribution in [3.05, 3.63) is 71.0 Å². The lowest BCUT2D eigenvalue weighted by Gasteiger charge is -2.03. The molecule has 1 amide bonds. The van der Waals surface area contributed by atoms with Gasteiger partial charge in [-0.3, -0.25) is 4.79 Å². The van der Waals surface area contributed by atoms with Gasteiger partial charge in [0.25, 0.3) is 5.91 Å². The molecule has 2 aromatic rings. The minimum Gasteiger partial charge on any atom is -0.267 e. The third-order valence-electron chi connectivity index (χ3n) is 2.87. The highest BCUT2D eigenvalue weighted by molar-refractivity contribution is 6.00. The molecule has 2 rings (SSSR count). The van der Waals surface area contributed by atoms with Gasteiger partial charge in [-0.05, 0) is 43.7 Å². The number of hydrogen-bond donors (Lipinski definition) is 1. The van der Waals surface area contributed by atoms with Crippen LogP contribution in [0.15, 0.2) is 53.6 Å². The van der Waals surface area contributed by atoms with E-state index in [1.165, 1.54) is 12.1 Å². The summed E-state index contributed by atoms with van der Waals surface area (Å²) in [6.45, 7) is 3.67. The van der Waals surface area contributed by atoms with Gasteiger partial charge in [-0.1, -0.05) is 29.8 Å². The van der Waals surface area contributed by atoms with E-state index in [9.17, 15) is 9.18 Å². The molecule has 0 saturated heterocycles. The number of benzene rings is 2. The maximum atomic E-state index is 12.8. The number of aryl methyl sites for hydroxylation is 1. The zero-order chi connectivity index (χ0) is 14.5. The molecule has 20 heavy (non-hydrogen) atoms. The second-order valence-corrected chi connectivity index (χ2v) is 4.51. The van der Waals surface area contributed by atoms with Gasteiger partial charge in [0.2, 0.25) is 0 Å². The molecule has 0 unspecified atom stereocenters. The average molecular weight is 270 g/mol. The maximum Gasteiger partial charge on any atom is 0.271 e. The smallest absolute Gasteiger partial charge is 0.267 e. The molecule has 1 N–H and O–H groups in total. The second kappa shape index (κ2) is 6.10. The summed E-state index contributed by atoms with van der Waals surface area (Å²) in [6.07, 6.45) is 0. The topological polar surface area (TPSA) is 41.5 Å². The van der Waals surface area contributed by atoms with E-state index in [1.807, 2.05) is 19.1 Å². The summed E-state index contributed by atoms with van der Waals surface area (Å²) in [5.41, 5.74) is 5.44. The Labute approximate surface area is 117 Å². The number of carbonyl (C=O) groups excluding carboxylic acids is 1. The molecule has 3 nitrogen and oxygen atoms in total. The molecule has 2 aromatic carbocycles. The minimum atomic E-state index is -0.301. The normalized spacial score (nSPS) is 11.2. The van der Waals surface area contributed by atoms with Crippen LogP contribution in [-0.2, 0) is 0 Å². The number of nitrogens with one attached hydrogen (secondary N) is 1. The van der Waals surface area contributed by atoms with Crippen molar-refractivity contribution in [2.45, 2.75) is 13.8 Å². The minimum absolute atomic E-state index is 0.268. The molecular formula is C16H15FN2O. The Morgan fingerprint density at radius 2 is 1.80 bits per heavy atom. The Kier molecular flexibility index (Phi) is 4.25. The van der Waals surface area contributed by atoms with Crippen LogP contribution in [-0.4, -0.2) is 11.6 Å². The molecule has 0 aliphatic carbocycles. The van der Waals surface area contributed by atoms with Crippen LogP contribution in [0.2, 0.25) is 0 Å². The summed E-state index contributed by atoms with van der Waals surface area (Å²) in [6, 6.07) is 13.2. The Bertz CT molecular complexity index is 648. The lowest BCUT2D eigenvalue weighted by molar-refractivity contribution is 0.0954. The van der Waals surface area contributed by atoms with Crippen molar-refractivity contribution >= 4 is 11.6 Å². The van der Waals surface area contributed by atoms with Gasteiger partial charge in [-0.2, -0.15) is 5.10 Å². The number of halogens is 1. The Morgan fingerprint density at radius 3 is 2.45 bits per heavy atom. The molecule has 102 valence electrons. The number of hydrazone groups is 1. The molecule has 0 atom stereocenters. The van der Waals surface area contributed by atoms with Crippen molar-refractivity contribution in [2.24, 2.45) is 5.10 Å². The zero-order valence-electron chi connectivity index (χ0n) is 11.4. The molecule has 0 heterocycles. The fourth-order valence-electron chi connectivity index (χ4n) is 1.74. The van der Waals surface area contributed by atoms with Crippen molar-refractivity contribution < 1.29 is 9.18 Å². The summed E-state index contributed by atoms with van der Waals surface area (Å²) in [5.74, 6) is -0.569. The van der Waals surface area contributed by atoms with Crippen LogP contribution in [0.5, 0.6) is 0 Å². The number of amides is 1. The van der Waals surface area contributed by atoms with E-state index in [-0.39, 0.29) is 11.7 Å². The van der Waals surface area contributed by atoms with Crippen molar-refractivity contribution in [3.8, 4) is 0 Å².